The van der Waals surface area contributed by atoms with Gasteiger partial charge in [-0.2, -0.15) is 0 Å². The summed E-state index contributed by atoms with van der Waals surface area (Å²) >= 11 is 0. The van der Waals surface area contributed by atoms with Crippen molar-refractivity contribution in [3.8, 4) is 39.9 Å². The molecule has 56 heavy (non-hydrogen) atoms. The maximum absolute atomic E-state index is 11.3. The summed E-state index contributed by atoms with van der Waals surface area (Å²) in [6.45, 7) is 0. The third kappa shape index (κ3) is 8.73. The van der Waals surface area contributed by atoms with Crippen LogP contribution in [0.3, 0.4) is 0 Å². The molecule has 0 amide bonds. The molecule has 0 bridgehead atoms. The van der Waals surface area contributed by atoms with Gasteiger partial charge in [-0.15, -0.1) is 0 Å². The molecule has 0 atom stereocenters. The minimum absolute atomic E-state index is 0. The average molecular weight is 824 g/mol. The lowest BCUT2D eigenvalue weighted by Gasteiger charge is -2.28. The first kappa shape index (κ1) is 40.0. The van der Waals surface area contributed by atoms with E-state index in [4.69, 9.17) is 18.9 Å². The predicted molar refractivity (Wildman–Crippen MR) is 226 cm³/mol. The Bertz CT molecular complexity index is 2250. The van der Waals surface area contributed by atoms with E-state index in [2.05, 4.69) is 133 Å². The fourth-order valence-corrected chi connectivity index (χ4v) is 11.5. The van der Waals surface area contributed by atoms with Crippen LogP contribution in [0.1, 0.15) is 27.0 Å². The zero-order chi connectivity index (χ0) is 38.0. The summed E-state index contributed by atoms with van der Waals surface area (Å²) in [6.07, 6.45) is 3.24. The van der Waals surface area contributed by atoms with Gasteiger partial charge in [0.2, 0.25) is 0 Å². The SMILES string of the molecule is COc1ccc(-c2ccc(C[P+](c3ccccc3)(c3ccccc3)c3ccccc3)cc2OC)c(CCc2ccc(Oc3cc(C=O)ccc3OC)cc2)c1.[Br-]. The molecule has 7 aromatic rings. The van der Waals surface area contributed by atoms with Gasteiger partial charge in [-0.3, -0.25) is 4.79 Å². The maximum Gasteiger partial charge on any atom is 0.169 e. The Morgan fingerprint density at radius 3 is 1.59 bits per heavy atom. The van der Waals surface area contributed by atoms with E-state index in [0.717, 1.165) is 47.9 Å². The molecule has 5 nitrogen and oxygen atoms in total. The first-order valence-corrected chi connectivity index (χ1v) is 20.3. The molecule has 0 aliphatic carbocycles. The smallest absolute Gasteiger partial charge is 0.169 e. The first-order chi connectivity index (χ1) is 27.0. The summed E-state index contributed by atoms with van der Waals surface area (Å²) in [7, 11) is 2.95. The van der Waals surface area contributed by atoms with Crippen molar-refractivity contribution in [2.24, 2.45) is 0 Å². The number of halogens is 1. The zero-order valence-electron chi connectivity index (χ0n) is 31.7. The van der Waals surface area contributed by atoms with Crippen molar-refractivity contribution < 1.29 is 40.7 Å². The molecule has 0 aliphatic heterocycles. The van der Waals surface area contributed by atoms with E-state index in [1.807, 2.05) is 18.2 Å². The van der Waals surface area contributed by atoms with Gasteiger partial charge in [-0.1, -0.05) is 84.9 Å². The van der Waals surface area contributed by atoms with E-state index in [1.54, 1.807) is 39.5 Å². The van der Waals surface area contributed by atoms with Crippen molar-refractivity contribution in [1.29, 1.82) is 0 Å². The molecule has 0 saturated carbocycles. The van der Waals surface area contributed by atoms with Gasteiger partial charge < -0.3 is 35.9 Å². The van der Waals surface area contributed by atoms with Crippen molar-refractivity contribution in [2.75, 3.05) is 21.3 Å². The van der Waals surface area contributed by atoms with Gasteiger partial charge in [-0.25, -0.2) is 0 Å². The Kier molecular flexibility index (Phi) is 13.4. The van der Waals surface area contributed by atoms with Crippen LogP contribution < -0.4 is 51.8 Å². The van der Waals surface area contributed by atoms with Crippen LogP contribution in [0.15, 0.2) is 170 Å². The van der Waals surface area contributed by atoms with Crippen molar-refractivity contribution in [2.45, 2.75) is 19.0 Å². The van der Waals surface area contributed by atoms with Crippen LogP contribution in [0, 0.1) is 0 Å². The highest BCUT2D eigenvalue weighted by atomic mass is 79.9. The minimum Gasteiger partial charge on any atom is -1.00 e. The Morgan fingerprint density at radius 1 is 0.482 bits per heavy atom. The third-order valence-corrected chi connectivity index (χ3v) is 14.4. The quantitative estimate of drug-likeness (QED) is 0.0806. The Morgan fingerprint density at radius 2 is 1.04 bits per heavy atom. The second-order valence-corrected chi connectivity index (χ2v) is 16.8. The van der Waals surface area contributed by atoms with Crippen LogP contribution in [-0.4, -0.2) is 27.6 Å². The fraction of sp³-hybridized carbons (Fsp3) is 0.122. The van der Waals surface area contributed by atoms with Gasteiger partial charge in [-0.05, 0) is 120 Å². The van der Waals surface area contributed by atoms with E-state index >= 15 is 0 Å². The highest BCUT2D eigenvalue weighted by molar-refractivity contribution is 7.95. The first-order valence-electron chi connectivity index (χ1n) is 18.3. The topological polar surface area (TPSA) is 54.0 Å². The van der Waals surface area contributed by atoms with Crippen LogP contribution >= 0.6 is 7.26 Å². The van der Waals surface area contributed by atoms with Gasteiger partial charge in [0.05, 0.1) is 27.5 Å². The van der Waals surface area contributed by atoms with E-state index in [-0.39, 0.29) is 17.0 Å². The molecule has 0 N–H and O–H groups in total. The fourth-order valence-electron chi connectivity index (χ4n) is 7.24. The lowest BCUT2D eigenvalue weighted by molar-refractivity contribution is -0.0000183. The lowest BCUT2D eigenvalue weighted by Crippen LogP contribution is -3.00. The molecule has 0 radical (unpaired) electrons. The molecule has 7 aromatic carbocycles. The third-order valence-electron chi connectivity index (χ3n) is 10.0. The predicted octanol–water partition coefficient (Wildman–Crippen LogP) is 7.27. The molecule has 0 unspecified atom stereocenters. The van der Waals surface area contributed by atoms with E-state index in [9.17, 15) is 4.79 Å². The highest BCUT2D eigenvalue weighted by Crippen LogP contribution is 2.58. The second kappa shape index (κ2) is 18.8. The number of hydrogen-bond donors (Lipinski definition) is 0. The van der Waals surface area contributed by atoms with Crippen molar-refractivity contribution >= 4 is 29.5 Å². The number of carbonyl (C=O) groups excluding carboxylic acids is 1. The average Bonchev–Trinajstić information content (AvgIpc) is 3.26. The Hall–Kier alpha value is -5.68. The Balaban J connectivity index is 0.00000532. The summed E-state index contributed by atoms with van der Waals surface area (Å²) in [5.41, 5.74) is 6.23. The zero-order valence-corrected chi connectivity index (χ0v) is 34.2. The minimum atomic E-state index is -2.09. The second-order valence-electron chi connectivity index (χ2n) is 13.3. The summed E-state index contributed by atoms with van der Waals surface area (Å²) in [5.74, 6) is 3.37. The van der Waals surface area contributed by atoms with Crippen LogP contribution in [0.4, 0.5) is 0 Å². The number of aldehydes is 1. The van der Waals surface area contributed by atoms with Crippen molar-refractivity contribution in [3.63, 3.8) is 0 Å². The number of methoxy groups -OCH3 is 3. The van der Waals surface area contributed by atoms with Crippen LogP contribution in [0.2, 0.25) is 0 Å². The molecule has 0 fully saturated rings. The summed E-state index contributed by atoms with van der Waals surface area (Å²) in [5, 5.41) is 4.04. The van der Waals surface area contributed by atoms with Gasteiger partial charge in [0.1, 0.15) is 46.7 Å². The van der Waals surface area contributed by atoms with Gasteiger partial charge in [0.25, 0.3) is 0 Å². The number of carbonyl (C=O) groups is 1. The van der Waals surface area contributed by atoms with Crippen LogP contribution in [0.25, 0.3) is 11.1 Å². The van der Waals surface area contributed by atoms with Crippen LogP contribution in [0.5, 0.6) is 28.7 Å². The number of rotatable bonds is 15. The van der Waals surface area contributed by atoms with Gasteiger partial charge >= 0.3 is 0 Å². The molecule has 7 rings (SSSR count). The summed E-state index contributed by atoms with van der Waals surface area (Å²) < 4.78 is 23.4. The molecule has 0 heterocycles. The molecule has 0 aliphatic rings. The maximum atomic E-state index is 11.3. The van der Waals surface area contributed by atoms with Gasteiger partial charge in [0.15, 0.2) is 11.5 Å². The number of hydrogen-bond acceptors (Lipinski definition) is 5. The van der Waals surface area contributed by atoms with Gasteiger partial charge in [0, 0.05) is 11.1 Å². The molecule has 0 saturated heterocycles. The van der Waals surface area contributed by atoms with Crippen LogP contribution in [-0.2, 0) is 19.0 Å². The molecule has 7 heteroatoms. The number of aryl methyl sites for hydroxylation is 2. The monoisotopic (exact) mass is 822 g/mol. The molecule has 0 aromatic heterocycles. The molecule has 0 spiro atoms. The highest BCUT2D eigenvalue weighted by Gasteiger charge is 2.45. The number of benzene rings is 7. The van der Waals surface area contributed by atoms with Crippen molar-refractivity contribution in [3.05, 3.63) is 192 Å². The van der Waals surface area contributed by atoms with E-state index in [0.29, 0.717) is 22.8 Å². The molecular formula is C49H44BrO5P. The standard InChI is InChI=1S/C49H44O5P.BrH/c1-51-41-27-29-45(39(33-41)24-19-36-20-25-40(26-21-36)54-49-31-37(34-50)23-30-47(49)52-2)46-28-22-38(32-48(46)53-3)35-55(42-13-7-4-8-14-42,43-15-9-5-10-16-43)44-17-11-6-12-18-44;/h4-18,20-23,25-34H,19,24,35H2,1-3H3;1H/q+1;/p-1. The number of ether oxygens (including phenoxy) is 4. The van der Waals surface area contributed by atoms with Crippen molar-refractivity contribution in [1.82, 2.24) is 0 Å². The largest absolute Gasteiger partial charge is 1.00 e. The molecule has 282 valence electrons. The summed E-state index contributed by atoms with van der Waals surface area (Å²) in [4.78, 5) is 11.3. The van der Waals surface area contributed by atoms with E-state index < -0.39 is 7.26 Å². The normalized spacial score (nSPS) is 10.9. The Labute approximate surface area is 341 Å². The molecular weight excluding hydrogens is 779 g/mol. The lowest BCUT2D eigenvalue weighted by atomic mass is 9.93. The summed E-state index contributed by atoms with van der Waals surface area (Å²) in [6, 6.07) is 59.1. The van der Waals surface area contributed by atoms with E-state index in [1.165, 1.54) is 32.6 Å².